The molecule has 1 unspecified atom stereocenters. The Labute approximate surface area is 321 Å². The molecule has 310 valence electrons. The molecule has 2 atom stereocenters. The number of likely N-dealkylation sites (N-methyl/N-ethyl adjacent to an activating group) is 1. The van der Waals surface area contributed by atoms with Crippen LogP contribution < -0.4 is 0 Å². The van der Waals surface area contributed by atoms with Gasteiger partial charge in [-0.15, -0.1) is 0 Å². The van der Waals surface area contributed by atoms with Crippen molar-refractivity contribution in [2.75, 3.05) is 47.5 Å². The molecule has 0 aromatic rings. The number of phosphoric acid groups is 1. The number of carbonyl (C=O) groups is 2. The Morgan fingerprint density at radius 2 is 0.865 bits per heavy atom. The van der Waals surface area contributed by atoms with E-state index in [-0.39, 0.29) is 25.6 Å². The molecule has 0 aromatic heterocycles. The lowest BCUT2D eigenvalue weighted by Gasteiger charge is -2.24. The van der Waals surface area contributed by atoms with Gasteiger partial charge in [0.05, 0.1) is 27.7 Å². The summed E-state index contributed by atoms with van der Waals surface area (Å²) in [6.07, 6.45) is 34.2. The van der Waals surface area contributed by atoms with E-state index in [0.29, 0.717) is 17.4 Å². The minimum atomic E-state index is -4.36. The van der Waals surface area contributed by atoms with Gasteiger partial charge in [0.25, 0.3) is 0 Å². The van der Waals surface area contributed by atoms with Gasteiger partial charge in [0, 0.05) is 12.8 Å². The smallest absolute Gasteiger partial charge is 0.462 e. The van der Waals surface area contributed by atoms with Crippen LogP contribution in [0, 0.1) is 0 Å². The number of rotatable bonds is 40. The molecule has 10 heteroatoms. The first-order valence-electron chi connectivity index (χ1n) is 21.8. The maximum absolute atomic E-state index is 12.7. The molecule has 0 aliphatic heterocycles. The monoisotopic (exact) mass is 763 g/mol. The van der Waals surface area contributed by atoms with Crippen LogP contribution in [0.25, 0.3) is 0 Å². The van der Waals surface area contributed by atoms with Crippen molar-refractivity contribution in [2.24, 2.45) is 0 Å². The van der Waals surface area contributed by atoms with Gasteiger partial charge in [-0.05, 0) is 12.8 Å². The number of unbranched alkanes of at least 4 members (excludes halogenated alkanes) is 26. The average Bonchev–Trinajstić information content (AvgIpc) is 3.09. The topological polar surface area (TPSA) is 108 Å². The maximum atomic E-state index is 12.7. The van der Waals surface area contributed by atoms with Gasteiger partial charge in [-0.2, -0.15) is 0 Å². The highest BCUT2D eigenvalue weighted by Crippen LogP contribution is 2.43. The number of nitrogens with zero attached hydrogens (tertiary/aromatic N) is 1. The standard InChI is InChI=1S/C42H84NO8P/c1-6-8-10-12-14-16-18-20-21-23-25-27-29-31-33-35-42(45)51-40(39-50-52(46,47)49-37-36-43(3,4)5)38-48-41(44)34-32-30-28-26-24-22-19-17-15-13-11-9-7-2/h40H,6-39H2,1-5H3/p+1/t40-/m1/s1. The summed E-state index contributed by atoms with van der Waals surface area (Å²) in [5.41, 5.74) is 0. The van der Waals surface area contributed by atoms with Gasteiger partial charge in [-0.25, -0.2) is 4.57 Å². The van der Waals surface area contributed by atoms with Gasteiger partial charge in [-0.1, -0.05) is 181 Å². The van der Waals surface area contributed by atoms with Crippen LogP contribution in [0.4, 0.5) is 0 Å². The van der Waals surface area contributed by atoms with E-state index in [1.807, 2.05) is 21.1 Å². The third-order valence-corrected chi connectivity index (χ3v) is 10.6. The first-order valence-corrected chi connectivity index (χ1v) is 23.3. The molecule has 0 spiro atoms. The van der Waals surface area contributed by atoms with E-state index in [9.17, 15) is 19.0 Å². The number of quaternary nitrogens is 1. The first-order chi connectivity index (χ1) is 25.0. The molecular formula is C42H85NO8P+. The van der Waals surface area contributed by atoms with E-state index >= 15 is 0 Å². The van der Waals surface area contributed by atoms with Gasteiger partial charge in [0.1, 0.15) is 19.8 Å². The van der Waals surface area contributed by atoms with Crippen molar-refractivity contribution in [1.82, 2.24) is 0 Å². The first kappa shape index (κ1) is 51.0. The molecule has 0 saturated heterocycles. The van der Waals surface area contributed by atoms with Crippen LogP contribution in [-0.4, -0.2) is 74.9 Å². The highest BCUT2D eigenvalue weighted by atomic mass is 31.2. The molecule has 52 heavy (non-hydrogen) atoms. The molecule has 0 aliphatic carbocycles. The molecule has 0 fully saturated rings. The van der Waals surface area contributed by atoms with Crippen LogP contribution in [0.1, 0.15) is 206 Å². The maximum Gasteiger partial charge on any atom is 0.472 e. The van der Waals surface area contributed by atoms with Crippen molar-refractivity contribution in [1.29, 1.82) is 0 Å². The molecule has 0 saturated carbocycles. The van der Waals surface area contributed by atoms with E-state index in [1.165, 1.54) is 141 Å². The zero-order valence-corrected chi connectivity index (χ0v) is 35.7. The van der Waals surface area contributed by atoms with E-state index in [2.05, 4.69) is 13.8 Å². The molecule has 0 aromatic carbocycles. The zero-order chi connectivity index (χ0) is 38.6. The lowest BCUT2D eigenvalue weighted by molar-refractivity contribution is -0.870. The summed E-state index contributed by atoms with van der Waals surface area (Å²) < 4.78 is 34.3. The second-order valence-corrected chi connectivity index (χ2v) is 17.6. The fraction of sp³-hybridized carbons (Fsp3) is 0.952. The number of esters is 2. The predicted octanol–water partition coefficient (Wildman–Crippen LogP) is 12.0. The SMILES string of the molecule is CCCCCCCCCCCCCCCCCC(=O)O[C@H](COC(=O)CCCCCCCCCCCCCCC)COP(=O)(O)OCC[N+](C)(C)C. The van der Waals surface area contributed by atoms with E-state index in [0.717, 1.165) is 38.5 Å². The summed E-state index contributed by atoms with van der Waals surface area (Å²) in [4.78, 5) is 35.3. The molecule has 9 nitrogen and oxygen atoms in total. The number of phosphoric ester groups is 1. The van der Waals surface area contributed by atoms with Crippen LogP contribution in [0.3, 0.4) is 0 Å². The third kappa shape index (κ3) is 38.7. The van der Waals surface area contributed by atoms with Crippen LogP contribution in [-0.2, 0) is 32.7 Å². The molecule has 0 heterocycles. The largest absolute Gasteiger partial charge is 0.472 e. The van der Waals surface area contributed by atoms with Crippen LogP contribution in [0.5, 0.6) is 0 Å². The summed E-state index contributed by atoms with van der Waals surface area (Å²) in [5.74, 6) is -0.785. The third-order valence-electron chi connectivity index (χ3n) is 9.64. The minimum Gasteiger partial charge on any atom is -0.462 e. The highest BCUT2D eigenvalue weighted by molar-refractivity contribution is 7.47. The molecular weight excluding hydrogens is 677 g/mol. The highest BCUT2D eigenvalue weighted by Gasteiger charge is 2.27. The summed E-state index contributed by atoms with van der Waals surface area (Å²) in [7, 11) is 1.49. The molecule has 0 amide bonds. The van der Waals surface area contributed by atoms with Gasteiger partial charge >= 0.3 is 19.8 Å². The normalized spacial score (nSPS) is 13.6. The summed E-state index contributed by atoms with van der Waals surface area (Å²) in [6, 6.07) is 0. The van der Waals surface area contributed by atoms with Crippen molar-refractivity contribution in [3.05, 3.63) is 0 Å². The number of hydrogen-bond acceptors (Lipinski definition) is 7. The van der Waals surface area contributed by atoms with E-state index < -0.39 is 26.5 Å². The summed E-state index contributed by atoms with van der Waals surface area (Å²) in [6.45, 7) is 4.45. The zero-order valence-electron chi connectivity index (χ0n) is 34.8. The van der Waals surface area contributed by atoms with Gasteiger partial charge < -0.3 is 18.9 Å². The quantitative estimate of drug-likeness (QED) is 0.0284. The molecule has 0 rings (SSSR count). The van der Waals surface area contributed by atoms with Gasteiger partial charge in [0.2, 0.25) is 0 Å². The molecule has 0 bridgehead atoms. The van der Waals surface area contributed by atoms with E-state index in [4.69, 9.17) is 18.5 Å². The second kappa shape index (κ2) is 35.7. The Hall–Kier alpha value is -0.990. The van der Waals surface area contributed by atoms with Gasteiger partial charge in [0.15, 0.2) is 6.10 Å². The Bertz CT molecular complexity index is 865. The fourth-order valence-electron chi connectivity index (χ4n) is 6.19. The lowest BCUT2D eigenvalue weighted by Crippen LogP contribution is -2.37. The molecule has 0 aliphatic rings. The average molecular weight is 763 g/mol. The van der Waals surface area contributed by atoms with E-state index in [1.54, 1.807) is 0 Å². The predicted molar refractivity (Wildman–Crippen MR) is 215 cm³/mol. The molecule has 0 radical (unpaired) electrons. The number of hydrogen-bond donors (Lipinski definition) is 1. The van der Waals surface area contributed by atoms with Crippen molar-refractivity contribution < 1.29 is 42.1 Å². The Morgan fingerprint density at radius 3 is 1.23 bits per heavy atom. The van der Waals surface area contributed by atoms with Crippen molar-refractivity contribution in [3.63, 3.8) is 0 Å². The Morgan fingerprint density at radius 1 is 0.519 bits per heavy atom. The molecule has 1 N–H and O–H groups in total. The second-order valence-electron chi connectivity index (χ2n) is 16.1. The van der Waals surface area contributed by atoms with Gasteiger partial charge in [-0.3, -0.25) is 18.6 Å². The van der Waals surface area contributed by atoms with Crippen LogP contribution >= 0.6 is 7.82 Å². The van der Waals surface area contributed by atoms with Crippen molar-refractivity contribution in [2.45, 2.75) is 213 Å². The van der Waals surface area contributed by atoms with Crippen molar-refractivity contribution >= 4 is 19.8 Å². The lowest BCUT2D eigenvalue weighted by atomic mass is 10.0. The number of carbonyl (C=O) groups excluding carboxylic acids is 2. The number of ether oxygens (including phenoxy) is 2. The summed E-state index contributed by atoms with van der Waals surface area (Å²) >= 11 is 0. The van der Waals surface area contributed by atoms with Crippen LogP contribution in [0.15, 0.2) is 0 Å². The van der Waals surface area contributed by atoms with Crippen molar-refractivity contribution in [3.8, 4) is 0 Å². The summed E-state index contributed by atoms with van der Waals surface area (Å²) in [5, 5.41) is 0. The fourth-order valence-corrected chi connectivity index (χ4v) is 6.93. The Balaban J connectivity index is 4.33. The van der Waals surface area contributed by atoms with Crippen LogP contribution in [0.2, 0.25) is 0 Å². The minimum absolute atomic E-state index is 0.0367. The Kier molecular flexibility index (Phi) is 35.0.